The minimum Gasteiger partial charge on any atom is -0.442 e. The van der Waals surface area contributed by atoms with E-state index in [1.165, 1.54) is 13.0 Å². The van der Waals surface area contributed by atoms with E-state index in [9.17, 15) is 27.6 Å². The van der Waals surface area contributed by atoms with Crippen LogP contribution in [0.15, 0.2) is 46.9 Å². The molecule has 0 aliphatic rings. The summed E-state index contributed by atoms with van der Waals surface area (Å²) >= 11 is 3.24. The number of nitrogens with zero attached hydrogens (tertiary/aromatic N) is 1. The second kappa shape index (κ2) is 9.72. The zero-order chi connectivity index (χ0) is 24.3. The van der Waals surface area contributed by atoms with E-state index >= 15 is 0 Å². The van der Waals surface area contributed by atoms with Crippen LogP contribution in [-0.4, -0.2) is 23.4 Å². The van der Waals surface area contributed by atoms with Crippen molar-refractivity contribution >= 4 is 39.4 Å². The molecule has 0 bridgehead atoms. The van der Waals surface area contributed by atoms with Gasteiger partial charge in [-0.3, -0.25) is 15.0 Å². The number of aryl methyl sites for hydroxylation is 1. The molecule has 1 N–H and O–H groups in total. The Morgan fingerprint density at radius 3 is 2.25 bits per heavy atom. The largest absolute Gasteiger partial charge is 0.442 e. The molecule has 0 unspecified atom stereocenters. The monoisotopic (exact) mass is 514 g/mol. The Morgan fingerprint density at radius 1 is 1.06 bits per heavy atom. The van der Waals surface area contributed by atoms with E-state index in [1.54, 1.807) is 39.0 Å². The Labute approximate surface area is 191 Å². The third kappa shape index (κ3) is 7.08. The number of anilines is 1. The van der Waals surface area contributed by atoms with E-state index in [0.29, 0.717) is 9.48 Å². The minimum absolute atomic E-state index is 0.0481. The van der Waals surface area contributed by atoms with Gasteiger partial charge in [0.15, 0.2) is 5.78 Å². The van der Waals surface area contributed by atoms with Gasteiger partial charge >= 0.3 is 12.3 Å². The lowest BCUT2D eigenvalue weighted by Crippen LogP contribution is -2.49. The van der Waals surface area contributed by atoms with Crippen molar-refractivity contribution in [2.45, 2.75) is 45.9 Å². The standard InChI is InChI=1S/C22H22BrF3N2O4/c1-13-10-16(8-9-17(13)22(24,25)26)28(20(31)32-21(2,3)4)27-19(30)12-18(29)14-6-5-7-15(23)11-14/h5-11H,12H2,1-4H3,(H,27,30). The van der Waals surface area contributed by atoms with Gasteiger partial charge in [0, 0.05) is 10.0 Å². The van der Waals surface area contributed by atoms with Gasteiger partial charge in [0.05, 0.1) is 17.7 Å². The van der Waals surface area contributed by atoms with Crippen LogP contribution in [0.1, 0.15) is 48.7 Å². The van der Waals surface area contributed by atoms with Gasteiger partial charge in [-0.15, -0.1) is 0 Å². The van der Waals surface area contributed by atoms with Crippen LogP contribution < -0.4 is 10.4 Å². The number of Topliss-reactive ketones (excluding diaryl/α,β-unsaturated/α-hetero) is 1. The molecule has 6 nitrogen and oxygen atoms in total. The molecule has 0 radical (unpaired) electrons. The molecule has 2 aromatic carbocycles. The summed E-state index contributed by atoms with van der Waals surface area (Å²) in [4.78, 5) is 37.6. The van der Waals surface area contributed by atoms with E-state index < -0.39 is 41.5 Å². The van der Waals surface area contributed by atoms with Crippen LogP contribution in [0.25, 0.3) is 0 Å². The van der Waals surface area contributed by atoms with Crippen LogP contribution >= 0.6 is 15.9 Å². The first-order valence-corrected chi connectivity index (χ1v) is 10.3. The SMILES string of the molecule is Cc1cc(N(NC(=O)CC(=O)c2cccc(Br)c2)C(=O)OC(C)(C)C)ccc1C(F)(F)F. The zero-order valence-electron chi connectivity index (χ0n) is 17.8. The predicted molar refractivity (Wildman–Crippen MR) is 116 cm³/mol. The minimum atomic E-state index is -4.57. The molecular weight excluding hydrogens is 493 g/mol. The zero-order valence-corrected chi connectivity index (χ0v) is 19.4. The maximum atomic E-state index is 13.1. The topological polar surface area (TPSA) is 75.7 Å². The number of carbonyl (C=O) groups excluding carboxylic acids is 3. The number of hydrogen-bond donors (Lipinski definition) is 1. The molecule has 0 spiro atoms. The first-order chi connectivity index (χ1) is 14.7. The highest BCUT2D eigenvalue weighted by atomic mass is 79.9. The molecule has 0 aliphatic heterocycles. The molecule has 2 rings (SSSR count). The number of ketones is 1. The van der Waals surface area contributed by atoms with Crippen LogP contribution in [0.5, 0.6) is 0 Å². The number of benzene rings is 2. The fraction of sp³-hybridized carbons (Fsp3) is 0.318. The molecule has 0 fully saturated rings. The molecule has 172 valence electrons. The van der Waals surface area contributed by atoms with E-state index in [4.69, 9.17) is 4.74 Å². The smallest absolute Gasteiger partial charge is 0.434 e. The summed E-state index contributed by atoms with van der Waals surface area (Å²) < 4.78 is 45.2. The summed E-state index contributed by atoms with van der Waals surface area (Å²) in [5.41, 5.74) is 0.535. The fourth-order valence-electron chi connectivity index (χ4n) is 2.70. The molecule has 0 atom stereocenters. The highest BCUT2D eigenvalue weighted by Gasteiger charge is 2.33. The number of ether oxygens (including phenoxy) is 1. The van der Waals surface area contributed by atoms with Crippen molar-refractivity contribution in [3.05, 3.63) is 63.6 Å². The Hall–Kier alpha value is -2.88. The van der Waals surface area contributed by atoms with Crippen molar-refractivity contribution in [2.75, 3.05) is 5.01 Å². The number of carbonyl (C=O) groups is 3. The van der Waals surface area contributed by atoms with Crippen LogP contribution in [0.3, 0.4) is 0 Å². The Kier molecular flexibility index (Phi) is 7.71. The molecule has 2 amide bonds. The van der Waals surface area contributed by atoms with Crippen molar-refractivity contribution in [3.8, 4) is 0 Å². The molecular formula is C22H22BrF3N2O4. The van der Waals surface area contributed by atoms with Crippen LogP contribution in [0.2, 0.25) is 0 Å². The Bertz CT molecular complexity index is 1030. The summed E-state index contributed by atoms with van der Waals surface area (Å²) in [5, 5.41) is 0.689. The van der Waals surface area contributed by atoms with Crippen LogP contribution in [0, 0.1) is 6.92 Å². The summed E-state index contributed by atoms with van der Waals surface area (Å²) in [5.74, 6) is -1.34. The lowest BCUT2D eigenvalue weighted by atomic mass is 10.1. The number of halogens is 4. The van der Waals surface area contributed by atoms with Crippen molar-refractivity contribution in [3.63, 3.8) is 0 Å². The van der Waals surface area contributed by atoms with Gasteiger partial charge in [0.1, 0.15) is 5.60 Å². The highest BCUT2D eigenvalue weighted by Crippen LogP contribution is 2.33. The van der Waals surface area contributed by atoms with E-state index in [1.807, 2.05) is 0 Å². The first kappa shape index (κ1) is 25.4. The van der Waals surface area contributed by atoms with Gasteiger partial charge in [-0.25, -0.2) is 4.79 Å². The molecule has 32 heavy (non-hydrogen) atoms. The molecule has 0 aliphatic carbocycles. The molecule has 0 aromatic heterocycles. The quantitative estimate of drug-likeness (QED) is 0.316. The molecule has 0 saturated carbocycles. The Morgan fingerprint density at radius 2 is 1.72 bits per heavy atom. The number of amides is 2. The summed E-state index contributed by atoms with van der Waals surface area (Å²) in [6.07, 6.45) is -6.17. The third-order valence-electron chi connectivity index (χ3n) is 4.05. The molecule has 0 heterocycles. The fourth-order valence-corrected chi connectivity index (χ4v) is 3.10. The summed E-state index contributed by atoms with van der Waals surface area (Å²) in [7, 11) is 0. The summed E-state index contributed by atoms with van der Waals surface area (Å²) in [6, 6.07) is 9.37. The van der Waals surface area contributed by atoms with Crippen molar-refractivity contribution in [1.29, 1.82) is 0 Å². The maximum Gasteiger partial charge on any atom is 0.434 e. The van der Waals surface area contributed by atoms with Gasteiger partial charge in [-0.05, 0) is 63.6 Å². The van der Waals surface area contributed by atoms with Crippen LogP contribution in [0.4, 0.5) is 23.7 Å². The predicted octanol–water partition coefficient (Wildman–Crippen LogP) is 5.82. The number of alkyl halides is 3. The number of rotatable bonds is 4. The first-order valence-electron chi connectivity index (χ1n) is 9.46. The lowest BCUT2D eigenvalue weighted by Gasteiger charge is -2.28. The van der Waals surface area contributed by atoms with Crippen molar-refractivity contribution in [1.82, 2.24) is 5.43 Å². The normalized spacial score (nSPS) is 11.6. The van der Waals surface area contributed by atoms with Gasteiger partial charge in [-0.2, -0.15) is 18.2 Å². The number of hydrogen-bond acceptors (Lipinski definition) is 4. The average molecular weight is 515 g/mol. The second-order valence-electron chi connectivity index (χ2n) is 7.96. The van der Waals surface area contributed by atoms with E-state index in [0.717, 1.165) is 18.2 Å². The van der Waals surface area contributed by atoms with Gasteiger partial charge in [-0.1, -0.05) is 28.1 Å². The van der Waals surface area contributed by atoms with Gasteiger partial charge in [0.25, 0.3) is 0 Å². The number of nitrogens with one attached hydrogen (secondary N) is 1. The maximum absolute atomic E-state index is 13.1. The number of hydrazine groups is 1. The average Bonchev–Trinajstić information content (AvgIpc) is 2.63. The lowest BCUT2D eigenvalue weighted by molar-refractivity contribution is -0.138. The summed E-state index contributed by atoms with van der Waals surface area (Å²) in [6.45, 7) is 6.03. The molecule has 2 aromatic rings. The van der Waals surface area contributed by atoms with Crippen molar-refractivity contribution < 1.29 is 32.3 Å². The third-order valence-corrected chi connectivity index (χ3v) is 4.55. The Balaban J connectivity index is 2.29. The highest BCUT2D eigenvalue weighted by molar-refractivity contribution is 9.10. The van der Waals surface area contributed by atoms with Gasteiger partial charge < -0.3 is 4.74 Å². The van der Waals surface area contributed by atoms with Gasteiger partial charge in [0.2, 0.25) is 5.91 Å². The van der Waals surface area contributed by atoms with Crippen LogP contribution in [-0.2, 0) is 15.7 Å². The molecule has 10 heteroatoms. The van der Waals surface area contributed by atoms with E-state index in [2.05, 4.69) is 21.4 Å². The molecule has 0 saturated heterocycles. The van der Waals surface area contributed by atoms with E-state index in [-0.39, 0.29) is 16.8 Å². The van der Waals surface area contributed by atoms with Crippen molar-refractivity contribution in [2.24, 2.45) is 0 Å². The second-order valence-corrected chi connectivity index (χ2v) is 8.87.